The first-order valence-electron chi connectivity index (χ1n) is 14.1. The molecule has 37 heavy (non-hydrogen) atoms. The number of carbonyl (C=O) groups is 3. The highest BCUT2D eigenvalue weighted by atomic mass is 16.5. The number of allylic oxidation sites excluding steroid dienone is 2. The minimum absolute atomic E-state index is 0.00280. The van der Waals surface area contributed by atoms with Crippen LogP contribution in [0.3, 0.4) is 0 Å². The van der Waals surface area contributed by atoms with Crippen molar-refractivity contribution >= 4 is 17.7 Å². The lowest BCUT2D eigenvalue weighted by Crippen LogP contribution is -2.68. The average Bonchev–Trinajstić information content (AvgIpc) is 3.10. The summed E-state index contributed by atoms with van der Waals surface area (Å²) in [7, 11) is 1.44. The van der Waals surface area contributed by atoms with Gasteiger partial charge in [-0.25, -0.2) is 0 Å². The lowest BCUT2D eigenvalue weighted by Gasteiger charge is -2.70. The monoisotopic (exact) mass is 516 g/mol. The van der Waals surface area contributed by atoms with E-state index in [0.717, 1.165) is 31.3 Å². The van der Waals surface area contributed by atoms with E-state index in [0.29, 0.717) is 12.8 Å². The Kier molecular flexibility index (Phi) is 6.83. The minimum Gasteiger partial charge on any atom is -0.469 e. The molecule has 0 bridgehead atoms. The number of ether oxygens (including phenoxy) is 2. The van der Waals surface area contributed by atoms with Crippen LogP contribution in [0.25, 0.3) is 0 Å². The number of esters is 2. The third-order valence-electron chi connectivity index (χ3n) is 11.8. The van der Waals surface area contributed by atoms with Crippen molar-refractivity contribution in [3.8, 4) is 0 Å². The van der Waals surface area contributed by atoms with Crippen LogP contribution in [0.4, 0.5) is 0 Å². The van der Waals surface area contributed by atoms with Crippen LogP contribution < -0.4 is 0 Å². The van der Waals surface area contributed by atoms with Gasteiger partial charge in [0.2, 0.25) is 0 Å². The van der Waals surface area contributed by atoms with Crippen molar-refractivity contribution in [1.82, 2.24) is 0 Å². The van der Waals surface area contributed by atoms with Gasteiger partial charge in [0, 0.05) is 12.3 Å². The molecule has 1 aliphatic heterocycles. The largest absolute Gasteiger partial charge is 0.469 e. The Morgan fingerprint density at radius 2 is 1.73 bits per heavy atom. The van der Waals surface area contributed by atoms with Crippen molar-refractivity contribution in [3.63, 3.8) is 0 Å². The van der Waals surface area contributed by atoms with Crippen molar-refractivity contribution in [3.05, 3.63) is 11.6 Å². The maximum absolute atomic E-state index is 13.1. The Morgan fingerprint density at radius 1 is 1.11 bits per heavy atom. The standard InChI is InChI=1S/C31H48O6/c1-18(2)14-19(32)16-31(8,35)20-10-12-29(6)21(20)15-22-25-28(5,17-24(33)37-22)23(11-13-30(25,29)7)27(3,4)26(34)36-9/h14,20-23,25,35H,10-13,15-17H2,1-9H3/t20-,21+,22+,23-,25+,28-,29+,30+,31+/m0/s1. The smallest absolute Gasteiger partial charge is 0.311 e. The fourth-order valence-corrected chi connectivity index (χ4v) is 10.2. The molecule has 4 aliphatic rings. The summed E-state index contributed by atoms with van der Waals surface area (Å²) < 4.78 is 11.4. The van der Waals surface area contributed by atoms with E-state index in [9.17, 15) is 19.5 Å². The maximum atomic E-state index is 13.1. The minimum atomic E-state index is -1.12. The topological polar surface area (TPSA) is 89.9 Å². The van der Waals surface area contributed by atoms with Gasteiger partial charge in [-0.2, -0.15) is 0 Å². The average molecular weight is 517 g/mol. The summed E-state index contributed by atoms with van der Waals surface area (Å²) >= 11 is 0. The van der Waals surface area contributed by atoms with Gasteiger partial charge in [-0.1, -0.05) is 26.3 Å². The van der Waals surface area contributed by atoms with Crippen molar-refractivity contribution in [2.75, 3.05) is 7.11 Å². The van der Waals surface area contributed by atoms with Gasteiger partial charge in [-0.05, 0) is 107 Å². The molecule has 0 unspecified atom stereocenters. The number of ketones is 1. The van der Waals surface area contributed by atoms with Gasteiger partial charge >= 0.3 is 11.9 Å². The van der Waals surface area contributed by atoms with Crippen molar-refractivity contribution < 1.29 is 29.0 Å². The van der Waals surface area contributed by atoms with Crippen LogP contribution in [0.15, 0.2) is 11.6 Å². The SMILES string of the molecule is COC(=O)C(C)(C)[C@@H]1CC[C@]2(C)[C@@H]3[C@@H](C[C@@H]4[C@@H]([C@](C)(O)CC(=O)C=C(C)C)CC[C@]42C)OC(=O)C[C@]31C. The molecule has 1 N–H and O–H groups in total. The summed E-state index contributed by atoms with van der Waals surface area (Å²) in [6.07, 6.45) is 6.09. The quantitative estimate of drug-likeness (QED) is 0.362. The lowest BCUT2D eigenvalue weighted by molar-refractivity contribution is -0.263. The van der Waals surface area contributed by atoms with Crippen molar-refractivity contribution in [2.24, 2.45) is 45.3 Å². The summed E-state index contributed by atoms with van der Waals surface area (Å²) in [5.41, 5.74) is -1.47. The van der Waals surface area contributed by atoms with Gasteiger partial charge in [0.05, 0.1) is 24.5 Å². The van der Waals surface area contributed by atoms with E-state index >= 15 is 0 Å². The molecule has 0 spiro atoms. The van der Waals surface area contributed by atoms with Gasteiger partial charge in [0.25, 0.3) is 0 Å². The molecule has 0 aromatic rings. The van der Waals surface area contributed by atoms with E-state index in [2.05, 4.69) is 20.8 Å². The molecule has 0 aromatic carbocycles. The summed E-state index contributed by atoms with van der Waals surface area (Å²) in [6, 6.07) is 0. The fourth-order valence-electron chi connectivity index (χ4n) is 10.2. The first kappa shape index (κ1) is 28.3. The Morgan fingerprint density at radius 3 is 2.32 bits per heavy atom. The predicted molar refractivity (Wildman–Crippen MR) is 141 cm³/mol. The first-order chi connectivity index (χ1) is 16.9. The highest BCUT2D eigenvalue weighted by Gasteiger charge is 2.73. The molecule has 6 nitrogen and oxygen atoms in total. The Labute approximate surface area is 222 Å². The zero-order chi connectivity index (χ0) is 27.8. The zero-order valence-corrected chi connectivity index (χ0v) is 24.4. The van der Waals surface area contributed by atoms with E-state index in [-0.39, 0.29) is 64.7 Å². The van der Waals surface area contributed by atoms with E-state index in [1.807, 2.05) is 34.6 Å². The van der Waals surface area contributed by atoms with E-state index in [1.165, 1.54) is 7.11 Å². The second kappa shape index (κ2) is 8.93. The molecule has 4 fully saturated rings. The third-order valence-corrected chi connectivity index (χ3v) is 11.8. The van der Waals surface area contributed by atoms with E-state index < -0.39 is 16.4 Å². The lowest BCUT2D eigenvalue weighted by atomic mass is 9.36. The summed E-state index contributed by atoms with van der Waals surface area (Å²) in [5, 5.41) is 11.7. The number of carbonyl (C=O) groups excluding carboxylic acids is 3. The number of hydrogen-bond acceptors (Lipinski definition) is 6. The van der Waals surface area contributed by atoms with Crippen LogP contribution >= 0.6 is 0 Å². The molecule has 1 saturated heterocycles. The number of hydrogen-bond donors (Lipinski definition) is 1. The van der Waals surface area contributed by atoms with Crippen LogP contribution in [0.5, 0.6) is 0 Å². The molecule has 208 valence electrons. The molecule has 6 heteroatoms. The summed E-state index contributed by atoms with van der Waals surface area (Å²) in [6.45, 7) is 16.5. The highest BCUT2D eigenvalue weighted by molar-refractivity contribution is 5.90. The van der Waals surface area contributed by atoms with Crippen LogP contribution in [0.1, 0.15) is 100 Å². The van der Waals surface area contributed by atoms with Crippen LogP contribution in [-0.4, -0.2) is 41.6 Å². The Bertz CT molecular complexity index is 1010. The Hall–Kier alpha value is -1.69. The second-order valence-electron chi connectivity index (χ2n) is 14.5. The highest BCUT2D eigenvalue weighted by Crippen LogP contribution is 2.75. The molecule has 9 atom stereocenters. The Balaban J connectivity index is 1.74. The summed E-state index contributed by atoms with van der Waals surface area (Å²) in [5.74, 6) is -0.228. The van der Waals surface area contributed by atoms with E-state index in [1.54, 1.807) is 6.08 Å². The number of methoxy groups -OCH3 is 1. The van der Waals surface area contributed by atoms with Crippen molar-refractivity contribution in [2.45, 2.75) is 112 Å². The molecule has 4 rings (SSSR count). The van der Waals surface area contributed by atoms with Crippen LogP contribution in [0, 0.1) is 45.3 Å². The first-order valence-corrected chi connectivity index (χ1v) is 14.1. The van der Waals surface area contributed by atoms with Gasteiger partial charge in [0.1, 0.15) is 6.10 Å². The molecular formula is C31H48O6. The predicted octanol–water partition coefficient (Wildman–Crippen LogP) is 5.65. The summed E-state index contributed by atoms with van der Waals surface area (Å²) in [4.78, 5) is 38.7. The molecule has 3 aliphatic carbocycles. The number of fused-ring (bicyclic) bond motifs is 2. The number of rotatable bonds is 6. The molecule has 0 amide bonds. The normalized spacial score (nSPS) is 42.5. The molecule has 3 saturated carbocycles. The van der Waals surface area contributed by atoms with Crippen LogP contribution in [0.2, 0.25) is 0 Å². The molecule has 0 aromatic heterocycles. The zero-order valence-electron chi connectivity index (χ0n) is 24.4. The molecule has 0 radical (unpaired) electrons. The maximum Gasteiger partial charge on any atom is 0.311 e. The second-order valence-corrected chi connectivity index (χ2v) is 14.5. The molecule has 1 heterocycles. The van der Waals surface area contributed by atoms with Crippen molar-refractivity contribution in [1.29, 1.82) is 0 Å². The third kappa shape index (κ3) is 4.11. The fraction of sp³-hybridized carbons (Fsp3) is 0.839. The van der Waals surface area contributed by atoms with E-state index in [4.69, 9.17) is 9.47 Å². The van der Waals surface area contributed by atoms with Crippen LogP contribution in [-0.2, 0) is 23.9 Å². The molecular weight excluding hydrogens is 468 g/mol. The number of aliphatic hydroxyl groups is 1. The van der Waals surface area contributed by atoms with Gasteiger partial charge in [-0.3, -0.25) is 14.4 Å². The van der Waals surface area contributed by atoms with Gasteiger partial charge in [-0.15, -0.1) is 0 Å². The van der Waals surface area contributed by atoms with Gasteiger partial charge in [0.15, 0.2) is 5.78 Å². The van der Waals surface area contributed by atoms with Gasteiger partial charge < -0.3 is 14.6 Å².